The monoisotopic (exact) mass is 370 g/mol. The third kappa shape index (κ3) is 3.27. The van der Waals surface area contributed by atoms with Crippen LogP contribution in [0.25, 0.3) is 10.4 Å². The number of hydrogen-bond acceptors (Lipinski definition) is 4. The van der Waals surface area contributed by atoms with Crippen molar-refractivity contribution >= 4 is 17.2 Å². The van der Waals surface area contributed by atoms with Gasteiger partial charge < -0.3 is 10.2 Å². The summed E-state index contributed by atoms with van der Waals surface area (Å²) in [5.41, 5.74) is 3.02. The van der Waals surface area contributed by atoms with Crippen LogP contribution in [0.2, 0.25) is 0 Å². The Morgan fingerprint density at radius 2 is 2.15 bits per heavy atom. The molecule has 4 rings (SSSR count). The lowest BCUT2D eigenvalue weighted by Gasteiger charge is -2.33. The second kappa shape index (κ2) is 7.01. The summed E-state index contributed by atoms with van der Waals surface area (Å²) in [6.07, 6.45) is 3.64. The summed E-state index contributed by atoms with van der Waals surface area (Å²) in [5, 5.41) is 10.2. The fourth-order valence-electron chi connectivity index (χ4n) is 3.24. The molecule has 1 atom stereocenters. The molecule has 7 heteroatoms. The quantitative estimate of drug-likeness (QED) is 0.743. The Morgan fingerprint density at radius 3 is 2.88 bits per heavy atom. The van der Waals surface area contributed by atoms with Crippen molar-refractivity contribution in [2.24, 2.45) is 0 Å². The van der Waals surface area contributed by atoms with Crippen molar-refractivity contribution in [3.05, 3.63) is 64.5 Å². The predicted molar refractivity (Wildman–Crippen MR) is 99.7 cm³/mol. The van der Waals surface area contributed by atoms with E-state index in [0.29, 0.717) is 13.1 Å². The molecule has 2 N–H and O–H groups in total. The van der Waals surface area contributed by atoms with E-state index in [9.17, 15) is 9.18 Å². The Morgan fingerprint density at radius 1 is 1.35 bits per heavy atom. The molecule has 3 heterocycles. The molecule has 0 spiro atoms. The van der Waals surface area contributed by atoms with Crippen LogP contribution in [0.1, 0.15) is 26.8 Å². The van der Waals surface area contributed by atoms with Crippen molar-refractivity contribution < 1.29 is 9.18 Å². The second-order valence-electron chi connectivity index (χ2n) is 6.42. The number of rotatable bonds is 3. The van der Waals surface area contributed by atoms with E-state index in [4.69, 9.17) is 0 Å². The molecule has 1 aliphatic rings. The summed E-state index contributed by atoms with van der Waals surface area (Å²) in [7, 11) is 0. The van der Waals surface area contributed by atoms with E-state index in [0.717, 1.165) is 33.0 Å². The highest BCUT2D eigenvalue weighted by Gasteiger charge is 2.27. The number of carbonyl (C=O) groups excluding carboxylic acids is 1. The number of aryl methyl sites for hydroxylation is 1. The number of H-pyrrole nitrogens is 1. The van der Waals surface area contributed by atoms with Gasteiger partial charge in [-0.2, -0.15) is 5.10 Å². The first kappa shape index (κ1) is 16.9. The molecular formula is C19H19FN4OS. The number of nitrogens with one attached hydrogen (secondary N) is 2. The molecule has 1 aromatic carbocycles. The smallest absolute Gasteiger partial charge is 0.264 e. The van der Waals surface area contributed by atoms with Crippen molar-refractivity contribution in [3.8, 4) is 10.4 Å². The molecule has 0 aliphatic carbocycles. The molecule has 5 nitrogen and oxygen atoms in total. The first-order valence-corrected chi connectivity index (χ1v) is 9.31. The lowest BCUT2D eigenvalue weighted by atomic mass is 10.1. The summed E-state index contributed by atoms with van der Waals surface area (Å²) < 4.78 is 13.2. The van der Waals surface area contributed by atoms with E-state index in [2.05, 4.69) is 15.5 Å². The van der Waals surface area contributed by atoms with Crippen LogP contribution in [0.5, 0.6) is 0 Å². The Kier molecular flexibility index (Phi) is 4.57. The summed E-state index contributed by atoms with van der Waals surface area (Å²) in [4.78, 5) is 16.6. The number of thiophene rings is 1. The molecule has 1 aliphatic heterocycles. The number of amides is 1. The van der Waals surface area contributed by atoms with E-state index in [1.165, 1.54) is 23.5 Å². The standard InChI is InChI=1S/C19H19FN4OS/c1-12-8-17(26-18(12)13-2-4-15(20)5-3-13)19(25)24-7-6-21-16(11-24)14-9-22-23-10-14/h2-5,8-10,16,21H,6-7,11H2,1H3,(H,22,23). The van der Waals surface area contributed by atoms with Gasteiger partial charge >= 0.3 is 0 Å². The zero-order valence-electron chi connectivity index (χ0n) is 14.3. The normalized spacial score (nSPS) is 17.5. The first-order chi connectivity index (χ1) is 12.6. The van der Waals surface area contributed by atoms with E-state index in [-0.39, 0.29) is 17.8 Å². The zero-order chi connectivity index (χ0) is 18.1. The van der Waals surface area contributed by atoms with Crippen LogP contribution in [0.3, 0.4) is 0 Å². The zero-order valence-corrected chi connectivity index (χ0v) is 15.1. The molecule has 0 saturated carbocycles. The van der Waals surface area contributed by atoms with Gasteiger partial charge in [-0.05, 0) is 36.2 Å². The Hall–Kier alpha value is -2.51. The van der Waals surface area contributed by atoms with Crippen LogP contribution >= 0.6 is 11.3 Å². The molecule has 1 unspecified atom stereocenters. The number of halogens is 1. The highest BCUT2D eigenvalue weighted by Crippen LogP contribution is 2.33. The maximum atomic E-state index is 13.2. The van der Waals surface area contributed by atoms with Crippen LogP contribution in [-0.4, -0.2) is 40.6 Å². The van der Waals surface area contributed by atoms with Crippen molar-refractivity contribution in [2.45, 2.75) is 13.0 Å². The molecule has 1 saturated heterocycles. The molecule has 2 aromatic heterocycles. The SMILES string of the molecule is Cc1cc(C(=O)N2CCNC(c3cn[nH]c3)C2)sc1-c1ccc(F)cc1. The fraction of sp³-hybridized carbons (Fsp3) is 0.263. The van der Waals surface area contributed by atoms with E-state index in [1.54, 1.807) is 18.3 Å². The van der Waals surface area contributed by atoms with Crippen LogP contribution < -0.4 is 5.32 Å². The van der Waals surface area contributed by atoms with Gasteiger partial charge in [0.25, 0.3) is 5.91 Å². The van der Waals surface area contributed by atoms with Crippen molar-refractivity contribution in [1.82, 2.24) is 20.4 Å². The van der Waals surface area contributed by atoms with Gasteiger partial charge in [0, 0.05) is 36.3 Å². The molecule has 0 bridgehead atoms. The van der Waals surface area contributed by atoms with Gasteiger partial charge in [-0.25, -0.2) is 4.39 Å². The number of aromatic amines is 1. The summed E-state index contributed by atoms with van der Waals surface area (Å²) in [6.45, 7) is 4.02. The Labute approximate surface area is 154 Å². The predicted octanol–water partition coefficient (Wildman–Crippen LogP) is 3.37. The summed E-state index contributed by atoms with van der Waals surface area (Å²) in [6, 6.07) is 8.42. The van der Waals surface area contributed by atoms with Gasteiger partial charge in [0.1, 0.15) is 5.82 Å². The molecular weight excluding hydrogens is 351 g/mol. The summed E-state index contributed by atoms with van der Waals surface area (Å²) in [5.74, 6) is -0.216. The van der Waals surface area contributed by atoms with E-state index >= 15 is 0 Å². The van der Waals surface area contributed by atoms with Crippen LogP contribution in [0.4, 0.5) is 4.39 Å². The van der Waals surface area contributed by atoms with Gasteiger partial charge in [0.15, 0.2) is 0 Å². The number of hydrogen-bond donors (Lipinski definition) is 2. The van der Waals surface area contributed by atoms with E-state index in [1.807, 2.05) is 24.1 Å². The number of nitrogens with zero attached hydrogens (tertiary/aromatic N) is 2. The van der Waals surface area contributed by atoms with Crippen molar-refractivity contribution in [2.75, 3.05) is 19.6 Å². The minimum absolute atomic E-state index is 0.0430. The number of piperazine rings is 1. The molecule has 0 radical (unpaired) electrons. The Balaban J connectivity index is 1.55. The summed E-state index contributed by atoms with van der Waals surface area (Å²) >= 11 is 1.47. The van der Waals surface area contributed by atoms with Crippen LogP contribution in [-0.2, 0) is 0 Å². The first-order valence-electron chi connectivity index (χ1n) is 8.49. The second-order valence-corrected chi connectivity index (χ2v) is 7.47. The highest BCUT2D eigenvalue weighted by atomic mass is 32.1. The third-order valence-electron chi connectivity index (χ3n) is 4.62. The molecule has 1 amide bonds. The maximum absolute atomic E-state index is 13.2. The molecule has 3 aromatic rings. The number of benzene rings is 1. The fourth-order valence-corrected chi connectivity index (χ4v) is 4.39. The van der Waals surface area contributed by atoms with Gasteiger partial charge in [-0.15, -0.1) is 11.3 Å². The molecule has 134 valence electrons. The van der Waals surface area contributed by atoms with E-state index < -0.39 is 0 Å². The molecule has 26 heavy (non-hydrogen) atoms. The average Bonchev–Trinajstić information content (AvgIpc) is 3.32. The highest BCUT2D eigenvalue weighted by molar-refractivity contribution is 7.17. The number of aromatic nitrogens is 2. The molecule has 1 fully saturated rings. The minimum atomic E-state index is -0.259. The van der Waals surface area contributed by atoms with Gasteiger partial charge in [0.05, 0.1) is 17.1 Å². The lowest BCUT2D eigenvalue weighted by Crippen LogP contribution is -2.48. The third-order valence-corrected chi connectivity index (χ3v) is 5.89. The average molecular weight is 370 g/mol. The maximum Gasteiger partial charge on any atom is 0.264 e. The van der Waals surface area contributed by atoms with Crippen LogP contribution in [0.15, 0.2) is 42.7 Å². The lowest BCUT2D eigenvalue weighted by molar-refractivity contribution is 0.0708. The van der Waals surface area contributed by atoms with Gasteiger partial charge in [0.2, 0.25) is 0 Å². The topological polar surface area (TPSA) is 61.0 Å². The van der Waals surface area contributed by atoms with Crippen molar-refractivity contribution in [3.63, 3.8) is 0 Å². The number of carbonyl (C=O) groups is 1. The van der Waals surface area contributed by atoms with Crippen molar-refractivity contribution in [1.29, 1.82) is 0 Å². The minimum Gasteiger partial charge on any atom is -0.335 e. The van der Waals surface area contributed by atoms with Gasteiger partial charge in [-0.3, -0.25) is 9.89 Å². The largest absolute Gasteiger partial charge is 0.335 e. The Bertz CT molecular complexity index is 904. The van der Waals surface area contributed by atoms with Gasteiger partial charge in [-0.1, -0.05) is 12.1 Å². The van der Waals surface area contributed by atoms with Crippen LogP contribution in [0, 0.1) is 12.7 Å².